The van der Waals surface area contributed by atoms with Crippen molar-refractivity contribution in [2.24, 2.45) is 5.92 Å². The van der Waals surface area contributed by atoms with Crippen LogP contribution in [0.2, 0.25) is 0 Å². The Hall–Kier alpha value is -3.80. The Balaban J connectivity index is 1.54. The van der Waals surface area contributed by atoms with Gasteiger partial charge in [0.05, 0.1) is 18.5 Å². The number of hydrogen-bond donors (Lipinski definition) is 3. The van der Waals surface area contributed by atoms with E-state index in [2.05, 4.69) is 15.6 Å². The molecule has 12 heteroatoms. The standard InChI is InChI=1S/C28H34F2N4O6/c1-38-25(36)27(13-15-39-16-14-27)21-8-7-20(31)23(32-21)34-24(35)22(19-9-11-28(29,30)12-10-19)33-26(37)40-17-18-5-3-2-4-6-18/h2-8,19,22H,9-17,31H2,1H3,(H,33,37)(H,32,34,35). The Kier molecular flexibility index (Phi) is 9.18. The summed E-state index contributed by atoms with van der Waals surface area (Å²) in [7, 11) is 1.29. The zero-order valence-corrected chi connectivity index (χ0v) is 22.3. The van der Waals surface area contributed by atoms with Crippen molar-refractivity contribution in [3.05, 3.63) is 53.7 Å². The number of halogens is 2. The number of amides is 2. The fourth-order valence-electron chi connectivity index (χ4n) is 5.20. The first-order chi connectivity index (χ1) is 19.1. The van der Waals surface area contributed by atoms with Crippen LogP contribution in [0.25, 0.3) is 0 Å². The fourth-order valence-corrected chi connectivity index (χ4v) is 5.20. The molecule has 2 amide bonds. The average molecular weight is 561 g/mol. The van der Waals surface area contributed by atoms with Gasteiger partial charge in [0, 0.05) is 26.1 Å². The number of carbonyl (C=O) groups is 3. The predicted molar refractivity (Wildman–Crippen MR) is 141 cm³/mol. The summed E-state index contributed by atoms with van der Waals surface area (Å²) in [5.41, 5.74) is 6.28. The zero-order chi connectivity index (χ0) is 28.8. The van der Waals surface area contributed by atoms with Gasteiger partial charge in [-0.25, -0.2) is 18.6 Å². The molecule has 1 saturated heterocycles. The van der Waals surface area contributed by atoms with Gasteiger partial charge in [-0.05, 0) is 49.3 Å². The average Bonchev–Trinajstić information content (AvgIpc) is 2.96. The number of alkyl halides is 2. The van der Waals surface area contributed by atoms with Crippen molar-refractivity contribution in [3.8, 4) is 0 Å². The van der Waals surface area contributed by atoms with Gasteiger partial charge >= 0.3 is 12.1 Å². The van der Waals surface area contributed by atoms with Gasteiger partial charge in [0.25, 0.3) is 0 Å². The van der Waals surface area contributed by atoms with E-state index in [1.807, 2.05) is 6.07 Å². The molecule has 216 valence electrons. The third kappa shape index (κ3) is 6.85. The molecular weight excluding hydrogens is 526 g/mol. The molecule has 1 aliphatic carbocycles. The summed E-state index contributed by atoms with van der Waals surface area (Å²) in [5, 5.41) is 5.20. The van der Waals surface area contributed by atoms with E-state index in [0.29, 0.717) is 31.7 Å². The Morgan fingerprint density at radius 1 is 1.07 bits per heavy atom. The molecule has 2 heterocycles. The lowest BCUT2D eigenvalue weighted by molar-refractivity contribution is -0.151. The number of carbonyl (C=O) groups excluding carboxylic acids is 3. The summed E-state index contributed by atoms with van der Waals surface area (Å²) < 4.78 is 43.5. The number of rotatable bonds is 8. The second-order valence-corrected chi connectivity index (χ2v) is 10.2. The van der Waals surface area contributed by atoms with E-state index in [0.717, 1.165) is 5.56 Å². The lowest BCUT2D eigenvalue weighted by atomic mass is 9.77. The quantitative estimate of drug-likeness (QED) is 0.412. The number of nitrogens with one attached hydrogen (secondary N) is 2. The number of methoxy groups -OCH3 is 1. The zero-order valence-electron chi connectivity index (χ0n) is 22.3. The van der Waals surface area contributed by atoms with Crippen LogP contribution in [0.15, 0.2) is 42.5 Å². The van der Waals surface area contributed by atoms with Gasteiger partial charge in [0.15, 0.2) is 5.82 Å². The normalized spacial score (nSPS) is 19.2. The van der Waals surface area contributed by atoms with Crippen LogP contribution in [0.4, 0.5) is 25.1 Å². The van der Waals surface area contributed by atoms with Crippen LogP contribution in [0.3, 0.4) is 0 Å². The van der Waals surface area contributed by atoms with Crippen molar-refractivity contribution in [3.63, 3.8) is 0 Å². The second kappa shape index (κ2) is 12.6. The van der Waals surface area contributed by atoms with E-state index in [9.17, 15) is 23.2 Å². The van der Waals surface area contributed by atoms with Gasteiger partial charge < -0.3 is 30.6 Å². The number of aromatic nitrogens is 1. The van der Waals surface area contributed by atoms with Crippen LogP contribution in [-0.4, -0.2) is 55.2 Å². The Bertz CT molecular complexity index is 1200. The van der Waals surface area contributed by atoms with Crippen LogP contribution >= 0.6 is 0 Å². The number of anilines is 2. The molecule has 1 saturated carbocycles. The maximum atomic E-state index is 13.9. The molecule has 0 bridgehead atoms. The molecule has 1 atom stereocenters. The number of hydrogen-bond acceptors (Lipinski definition) is 8. The number of esters is 1. The first-order valence-corrected chi connectivity index (χ1v) is 13.2. The van der Waals surface area contributed by atoms with E-state index < -0.39 is 54.1 Å². The Morgan fingerprint density at radius 3 is 2.40 bits per heavy atom. The van der Waals surface area contributed by atoms with E-state index in [1.165, 1.54) is 13.2 Å². The molecule has 2 fully saturated rings. The summed E-state index contributed by atoms with van der Waals surface area (Å²) in [5.74, 6) is -4.55. The molecular formula is C28H34F2N4O6. The molecule has 40 heavy (non-hydrogen) atoms. The van der Waals surface area contributed by atoms with Crippen molar-refractivity contribution in [2.45, 2.75) is 62.5 Å². The fraction of sp³-hybridized carbons (Fsp3) is 0.500. The number of ether oxygens (including phenoxy) is 3. The van der Waals surface area contributed by atoms with Gasteiger partial charge in [0.2, 0.25) is 11.8 Å². The molecule has 1 aromatic heterocycles. The lowest BCUT2D eigenvalue weighted by Gasteiger charge is -2.34. The molecule has 10 nitrogen and oxygen atoms in total. The lowest BCUT2D eigenvalue weighted by Crippen LogP contribution is -2.50. The predicted octanol–water partition coefficient (Wildman–Crippen LogP) is 3.94. The summed E-state index contributed by atoms with van der Waals surface area (Å²) in [6.45, 7) is 0.623. The summed E-state index contributed by atoms with van der Waals surface area (Å²) in [4.78, 5) is 43.5. The van der Waals surface area contributed by atoms with E-state index >= 15 is 0 Å². The molecule has 2 aliphatic rings. The number of alkyl carbamates (subject to hydrolysis) is 1. The highest BCUT2D eigenvalue weighted by Crippen LogP contribution is 2.39. The van der Waals surface area contributed by atoms with Crippen molar-refractivity contribution in [1.29, 1.82) is 0 Å². The van der Waals surface area contributed by atoms with Gasteiger partial charge in [-0.3, -0.25) is 9.59 Å². The van der Waals surface area contributed by atoms with Gasteiger partial charge in [-0.15, -0.1) is 0 Å². The minimum atomic E-state index is -2.82. The topological polar surface area (TPSA) is 142 Å². The van der Waals surface area contributed by atoms with Crippen molar-refractivity contribution in [2.75, 3.05) is 31.4 Å². The number of pyridine rings is 1. The summed E-state index contributed by atoms with van der Waals surface area (Å²) in [6, 6.07) is 10.9. The highest BCUT2D eigenvalue weighted by atomic mass is 19.3. The number of nitrogens with two attached hydrogens (primary N) is 1. The van der Waals surface area contributed by atoms with E-state index in [4.69, 9.17) is 19.9 Å². The van der Waals surface area contributed by atoms with Crippen molar-refractivity contribution >= 4 is 29.5 Å². The Labute approximate surface area is 230 Å². The SMILES string of the molecule is COC(=O)C1(c2ccc(N)c(NC(=O)C(NC(=O)OCc3ccccc3)C3CCC(F)(F)CC3)n2)CCOCC1. The molecule has 0 spiro atoms. The van der Waals surface area contributed by atoms with Crippen LogP contribution < -0.4 is 16.4 Å². The maximum absolute atomic E-state index is 13.9. The van der Waals surface area contributed by atoms with Gasteiger partial charge in [0.1, 0.15) is 18.1 Å². The smallest absolute Gasteiger partial charge is 0.408 e. The number of nitrogens with zero attached hydrogens (tertiary/aromatic N) is 1. The van der Waals surface area contributed by atoms with Crippen molar-refractivity contribution in [1.82, 2.24) is 10.3 Å². The first-order valence-electron chi connectivity index (χ1n) is 13.2. The van der Waals surface area contributed by atoms with Crippen molar-refractivity contribution < 1.29 is 37.4 Å². The summed E-state index contributed by atoms with van der Waals surface area (Å²) in [6.07, 6.45) is -0.946. The molecule has 4 N–H and O–H groups in total. The monoisotopic (exact) mass is 560 g/mol. The number of benzene rings is 1. The Morgan fingerprint density at radius 2 is 1.75 bits per heavy atom. The third-order valence-corrected chi connectivity index (χ3v) is 7.58. The van der Waals surface area contributed by atoms with Crippen LogP contribution in [-0.2, 0) is 35.8 Å². The van der Waals surface area contributed by atoms with Crippen LogP contribution in [0.1, 0.15) is 49.8 Å². The number of nitrogen functional groups attached to an aromatic ring is 1. The second-order valence-electron chi connectivity index (χ2n) is 10.2. The minimum absolute atomic E-state index is 0.0112. The molecule has 4 rings (SSSR count). The summed E-state index contributed by atoms with van der Waals surface area (Å²) >= 11 is 0. The van der Waals surface area contributed by atoms with E-state index in [-0.39, 0.29) is 31.0 Å². The largest absolute Gasteiger partial charge is 0.468 e. The highest BCUT2D eigenvalue weighted by Gasteiger charge is 2.45. The molecule has 1 unspecified atom stereocenters. The third-order valence-electron chi connectivity index (χ3n) is 7.58. The van der Waals surface area contributed by atoms with Gasteiger partial charge in [-0.1, -0.05) is 30.3 Å². The molecule has 2 aromatic rings. The molecule has 1 aliphatic heterocycles. The first kappa shape index (κ1) is 29.2. The molecule has 1 aromatic carbocycles. The maximum Gasteiger partial charge on any atom is 0.408 e. The van der Waals surface area contributed by atoms with E-state index in [1.54, 1.807) is 30.3 Å². The highest BCUT2D eigenvalue weighted by molar-refractivity contribution is 5.98. The minimum Gasteiger partial charge on any atom is -0.468 e. The van der Waals surface area contributed by atoms with Crippen LogP contribution in [0.5, 0.6) is 0 Å². The molecule has 0 radical (unpaired) electrons. The van der Waals surface area contributed by atoms with Crippen LogP contribution in [0, 0.1) is 5.92 Å². The van der Waals surface area contributed by atoms with Gasteiger partial charge in [-0.2, -0.15) is 0 Å².